The van der Waals surface area contributed by atoms with Crippen molar-refractivity contribution in [3.63, 3.8) is 0 Å². The molecular weight excluding hydrogens is 398 g/mol. The molecule has 0 aliphatic carbocycles. The minimum atomic E-state index is -0.265. The van der Waals surface area contributed by atoms with Crippen molar-refractivity contribution in [2.75, 3.05) is 39.9 Å². The van der Waals surface area contributed by atoms with E-state index < -0.39 is 0 Å². The molecule has 1 aliphatic heterocycles. The third-order valence-electron chi connectivity index (χ3n) is 5.97. The first-order chi connectivity index (χ1) is 14.9. The van der Waals surface area contributed by atoms with Crippen molar-refractivity contribution >= 4 is 5.91 Å². The van der Waals surface area contributed by atoms with Gasteiger partial charge in [0.15, 0.2) is 0 Å². The van der Waals surface area contributed by atoms with Crippen molar-refractivity contribution in [1.29, 1.82) is 0 Å². The van der Waals surface area contributed by atoms with Crippen LogP contribution in [0.5, 0.6) is 0 Å². The second kappa shape index (κ2) is 10.8. The van der Waals surface area contributed by atoms with E-state index in [1.807, 2.05) is 30.9 Å². The maximum atomic E-state index is 14.2. The fourth-order valence-electron chi connectivity index (χ4n) is 4.40. The first-order valence-corrected chi connectivity index (χ1v) is 10.9. The molecule has 0 unspecified atom stereocenters. The molecule has 2 aromatic carbocycles. The molecule has 31 heavy (non-hydrogen) atoms. The van der Waals surface area contributed by atoms with Gasteiger partial charge in [0, 0.05) is 57.2 Å². The lowest BCUT2D eigenvalue weighted by atomic mass is 9.88. The molecule has 6 heteroatoms. The van der Waals surface area contributed by atoms with E-state index >= 15 is 0 Å². The first kappa shape index (κ1) is 23.4. The number of benzene rings is 2. The highest BCUT2D eigenvalue weighted by molar-refractivity contribution is 5.78. The summed E-state index contributed by atoms with van der Waals surface area (Å²) in [4.78, 5) is 16.9. The summed E-state index contributed by atoms with van der Waals surface area (Å²) in [6.45, 7) is 7.24. The molecule has 0 aromatic heterocycles. The van der Waals surface area contributed by atoms with E-state index in [1.54, 1.807) is 31.4 Å². The van der Waals surface area contributed by atoms with Crippen LogP contribution in [0, 0.1) is 23.5 Å². The molecule has 1 fully saturated rings. The summed E-state index contributed by atoms with van der Waals surface area (Å²) in [6, 6.07) is 13.5. The Kier molecular flexibility index (Phi) is 8.15. The maximum Gasteiger partial charge on any atom is 0.225 e. The number of carbonyl (C=O) groups excluding carboxylic acids is 1. The molecule has 1 saturated heterocycles. The first-order valence-electron chi connectivity index (χ1n) is 10.9. The van der Waals surface area contributed by atoms with E-state index in [1.165, 1.54) is 12.1 Å². The standard InChI is InChI=1S/C25H32F2N2O2/c1-18(2)25(30)29(11-12-31-3)16-21-15-28(14-20-7-4-5-10-24(20)27)17-23(21)19-8-6-9-22(26)13-19/h4-10,13,18,21,23H,11-12,14-17H2,1-3H3/t21-,23+/m1/s1. The van der Waals surface area contributed by atoms with Crippen LogP contribution in [0.15, 0.2) is 48.5 Å². The number of nitrogens with zero attached hydrogens (tertiary/aromatic N) is 2. The topological polar surface area (TPSA) is 32.8 Å². The number of hydrogen-bond acceptors (Lipinski definition) is 3. The third kappa shape index (κ3) is 6.11. The highest BCUT2D eigenvalue weighted by Gasteiger charge is 2.36. The number of hydrogen-bond donors (Lipinski definition) is 0. The number of halogens is 2. The molecule has 0 spiro atoms. The molecular formula is C25H32F2N2O2. The molecule has 0 N–H and O–H groups in total. The van der Waals surface area contributed by atoms with Gasteiger partial charge in [0.2, 0.25) is 5.91 Å². The van der Waals surface area contributed by atoms with Crippen molar-refractivity contribution in [1.82, 2.24) is 9.80 Å². The Morgan fingerprint density at radius 1 is 1.16 bits per heavy atom. The van der Waals surface area contributed by atoms with Crippen molar-refractivity contribution in [3.8, 4) is 0 Å². The Morgan fingerprint density at radius 3 is 2.61 bits per heavy atom. The van der Waals surface area contributed by atoms with E-state index in [9.17, 15) is 13.6 Å². The summed E-state index contributed by atoms with van der Waals surface area (Å²) in [7, 11) is 1.62. The van der Waals surface area contributed by atoms with Gasteiger partial charge in [0.05, 0.1) is 6.61 Å². The van der Waals surface area contributed by atoms with Gasteiger partial charge in [0.25, 0.3) is 0 Å². The van der Waals surface area contributed by atoms with Gasteiger partial charge in [-0.15, -0.1) is 0 Å². The number of carbonyl (C=O) groups is 1. The Bertz CT molecular complexity index is 874. The lowest BCUT2D eigenvalue weighted by Gasteiger charge is -2.29. The zero-order valence-electron chi connectivity index (χ0n) is 18.6. The van der Waals surface area contributed by atoms with Gasteiger partial charge in [0.1, 0.15) is 11.6 Å². The van der Waals surface area contributed by atoms with Gasteiger partial charge in [-0.1, -0.05) is 44.2 Å². The number of ether oxygens (including phenoxy) is 1. The molecule has 3 rings (SSSR count). The van der Waals surface area contributed by atoms with E-state index in [0.29, 0.717) is 44.9 Å². The van der Waals surface area contributed by atoms with Crippen LogP contribution in [0.1, 0.15) is 30.9 Å². The van der Waals surface area contributed by atoms with E-state index in [2.05, 4.69) is 4.90 Å². The van der Waals surface area contributed by atoms with Crippen LogP contribution in [0.4, 0.5) is 8.78 Å². The number of likely N-dealkylation sites (tertiary alicyclic amines) is 1. The van der Waals surface area contributed by atoms with Crippen LogP contribution in [0.25, 0.3) is 0 Å². The molecule has 4 nitrogen and oxygen atoms in total. The number of rotatable bonds is 9. The Hall–Kier alpha value is -2.31. The summed E-state index contributed by atoms with van der Waals surface area (Å²) in [5, 5.41) is 0. The van der Waals surface area contributed by atoms with E-state index in [-0.39, 0.29) is 35.3 Å². The Balaban J connectivity index is 1.82. The molecule has 1 amide bonds. The lowest BCUT2D eigenvalue weighted by Crippen LogP contribution is -2.41. The van der Waals surface area contributed by atoms with Crippen molar-refractivity contribution in [3.05, 3.63) is 71.3 Å². The molecule has 1 aliphatic rings. The number of amides is 1. The van der Waals surface area contributed by atoms with Crippen LogP contribution in [-0.4, -0.2) is 55.6 Å². The van der Waals surface area contributed by atoms with Crippen LogP contribution >= 0.6 is 0 Å². The highest BCUT2D eigenvalue weighted by Crippen LogP contribution is 2.35. The van der Waals surface area contributed by atoms with Crippen LogP contribution in [0.3, 0.4) is 0 Å². The molecule has 2 aromatic rings. The predicted octanol–water partition coefficient (Wildman–Crippen LogP) is 4.31. The molecule has 0 saturated carbocycles. The molecule has 1 heterocycles. The molecule has 2 atom stereocenters. The maximum absolute atomic E-state index is 14.2. The fraction of sp³-hybridized carbons (Fsp3) is 0.480. The normalized spacial score (nSPS) is 19.2. The predicted molar refractivity (Wildman–Crippen MR) is 118 cm³/mol. The smallest absolute Gasteiger partial charge is 0.225 e. The summed E-state index contributed by atoms with van der Waals surface area (Å²) < 4.78 is 33.4. The van der Waals surface area contributed by atoms with Crippen LogP contribution < -0.4 is 0 Å². The molecule has 0 radical (unpaired) electrons. The summed E-state index contributed by atoms with van der Waals surface area (Å²) in [6.07, 6.45) is 0. The van der Waals surface area contributed by atoms with Gasteiger partial charge < -0.3 is 9.64 Å². The van der Waals surface area contributed by atoms with E-state index in [0.717, 1.165) is 5.56 Å². The molecule has 168 valence electrons. The largest absolute Gasteiger partial charge is 0.383 e. The van der Waals surface area contributed by atoms with Gasteiger partial charge in [-0.2, -0.15) is 0 Å². The summed E-state index contributed by atoms with van der Waals surface area (Å²) >= 11 is 0. The monoisotopic (exact) mass is 430 g/mol. The van der Waals surface area contributed by atoms with Gasteiger partial charge >= 0.3 is 0 Å². The summed E-state index contributed by atoms with van der Waals surface area (Å²) in [5.41, 5.74) is 1.57. The van der Waals surface area contributed by atoms with Crippen molar-refractivity contribution < 1.29 is 18.3 Å². The Morgan fingerprint density at radius 2 is 1.94 bits per heavy atom. The minimum Gasteiger partial charge on any atom is -0.383 e. The van der Waals surface area contributed by atoms with Crippen molar-refractivity contribution in [2.24, 2.45) is 11.8 Å². The van der Waals surface area contributed by atoms with E-state index in [4.69, 9.17) is 4.74 Å². The van der Waals surface area contributed by atoms with Crippen molar-refractivity contribution in [2.45, 2.75) is 26.3 Å². The van der Waals surface area contributed by atoms with Crippen LogP contribution in [-0.2, 0) is 16.1 Å². The average Bonchev–Trinajstić information content (AvgIpc) is 3.14. The number of methoxy groups -OCH3 is 1. The highest BCUT2D eigenvalue weighted by atomic mass is 19.1. The zero-order chi connectivity index (χ0) is 22.4. The second-order valence-corrected chi connectivity index (χ2v) is 8.64. The average molecular weight is 431 g/mol. The quantitative estimate of drug-likeness (QED) is 0.594. The summed E-state index contributed by atoms with van der Waals surface area (Å²) in [5.74, 6) is -0.327. The third-order valence-corrected chi connectivity index (χ3v) is 5.97. The molecule has 0 bridgehead atoms. The lowest BCUT2D eigenvalue weighted by molar-refractivity contribution is -0.135. The fourth-order valence-corrected chi connectivity index (χ4v) is 4.40. The van der Waals surface area contributed by atoms with Gasteiger partial charge in [-0.05, 0) is 29.7 Å². The van der Waals surface area contributed by atoms with Gasteiger partial charge in [-0.25, -0.2) is 8.78 Å². The Labute approximate surface area is 183 Å². The zero-order valence-corrected chi connectivity index (χ0v) is 18.6. The van der Waals surface area contributed by atoms with Gasteiger partial charge in [-0.3, -0.25) is 9.69 Å². The second-order valence-electron chi connectivity index (χ2n) is 8.64. The van der Waals surface area contributed by atoms with Crippen LogP contribution in [0.2, 0.25) is 0 Å². The SMILES string of the molecule is COCCN(C[C@H]1CN(Cc2ccccc2F)C[C@H]1c1cccc(F)c1)C(=O)C(C)C. The minimum absolute atomic E-state index is 0.0625.